The van der Waals surface area contributed by atoms with Crippen LogP contribution in [0.25, 0.3) is 22.6 Å². The van der Waals surface area contributed by atoms with Gasteiger partial charge in [-0.3, -0.25) is 14.9 Å². The van der Waals surface area contributed by atoms with Crippen molar-refractivity contribution in [3.8, 4) is 11.6 Å². The maximum atomic E-state index is 12.3. The number of para-hydroxylation sites is 1. The van der Waals surface area contributed by atoms with E-state index in [1.54, 1.807) is 54.8 Å². The Balaban J connectivity index is 1.53. The molecule has 0 spiro atoms. The fourth-order valence-corrected chi connectivity index (χ4v) is 2.83. The van der Waals surface area contributed by atoms with E-state index < -0.39 is 4.92 Å². The summed E-state index contributed by atoms with van der Waals surface area (Å²) in [5.74, 6) is 0.876. The third-order valence-electron chi connectivity index (χ3n) is 4.06. The van der Waals surface area contributed by atoms with E-state index in [0.29, 0.717) is 22.8 Å². The van der Waals surface area contributed by atoms with Crippen molar-refractivity contribution in [3.63, 3.8) is 0 Å². The third-order valence-corrected chi connectivity index (χ3v) is 4.06. The molecule has 4 rings (SSSR count). The largest absolute Gasteiger partial charge is 0.461 e. The van der Waals surface area contributed by atoms with Crippen LogP contribution in [-0.2, 0) is 11.2 Å². The van der Waals surface area contributed by atoms with Crippen LogP contribution < -0.4 is 5.32 Å². The summed E-state index contributed by atoms with van der Waals surface area (Å²) in [5.41, 5.74) is 2.34. The summed E-state index contributed by atoms with van der Waals surface area (Å²) >= 11 is 0. The van der Waals surface area contributed by atoms with Gasteiger partial charge in [-0.25, -0.2) is 4.98 Å². The van der Waals surface area contributed by atoms with Crippen LogP contribution in [0.3, 0.4) is 0 Å². The summed E-state index contributed by atoms with van der Waals surface area (Å²) in [5, 5.41) is 13.8. The molecular formula is C19H14N4O4. The fourth-order valence-electron chi connectivity index (χ4n) is 2.83. The fraction of sp³-hybridized carbons (Fsp3) is 0.0526. The number of fused-ring (bicyclic) bond motifs is 1. The summed E-state index contributed by atoms with van der Waals surface area (Å²) in [7, 11) is 0. The van der Waals surface area contributed by atoms with Crippen molar-refractivity contribution in [2.75, 3.05) is 5.32 Å². The average Bonchev–Trinajstić information content (AvgIpc) is 3.31. The van der Waals surface area contributed by atoms with Gasteiger partial charge in [0.05, 0.1) is 28.6 Å². The molecule has 0 bridgehead atoms. The van der Waals surface area contributed by atoms with Crippen molar-refractivity contribution in [2.24, 2.45) is 0 Å². The number of nitrogens with zero attached hydrogens (tertiary/aromatic N) is 2. The minimum Gasteiger partial charge on any atom is -0.461 e. The van der Waals surface area contributed by atoms with Crippen molar-refractivity contribution < 1.29 is 14.1 Å². The molecular weight excluding hydrogens is 348 g/mol. The normalized spacial score (nSPS) is 10.8. The van der Waals surface area contributed by atoms with Gasteiger partial charge in [-0.2, -0.15) is 0 Å². The van der Waals surface area contributed by atoms with Gasteiger partial charge in [0.15, 0.2) is 11.6 Å². The van der Waals surface area contributed by atoms with Gasteiger partial charge in [-0.05, 0) is 30.3 Å². The van der Waals surface area contributed by atoms with Crippen LogP contribution in [0.4, 0.5) is 11.4 Å². The number of carbonyl (C=O) groups excluding carboxylic acids is 1. The first-order chi connectivity index (χ1) is 13.1. The molecule has 1 amide bonds. The van der Waals surface area contributed by atoms with Gasteiger partial charge in [-0.1, -0.05) is 18.2 Å². The number of imidazole rings is 1. The predicted molar refractivity (Wildman–Crippen MR) is 99.2 cm³/mol. The number of aromatic amines is 1. The molecule has 0 saturated heterocycles. The Morgan fingerprint density at radius 2 is 2.04 bits per heavy atom. The lowest BCUT2D eigenvalue weighted by molar-refractivity contribution is -0.385. The average molecular weight is 362 g/mol. The van der Waals surface area contributed by atoms with E-state index in [4.69, 9.17) is 4.42 Å². The molecule has 0 aliphatic heterocycles. The number of H-pyrrole nitrogens is 1. The van der Waals surface area contributed by atoms with Gasteiger partial charge in [-0.15, -0.1) is 0 Å². The first-order valence-corrected chi connectivity index (χ1v) is 8.16. The van der Waals surface area contributed by atoms with Crippen LogP contribution in [0.2, 0.25) is 0 Å². The summed E-state index contributed by atoms with van der Waals surface area (Å²) in [6.07, 6.45) is 1.48. The van der Waals surface area contributed by atoms with E-state index in [9.17, 15) is 14.9 Å². The number of furan rings is 1. The van der Waals surface area contributed by atoms with Crippen molar-refractivity contribution in [2.45, 2.75) is 6.42 Å². The lowest BCUT2D eigenvalue weighted by Gasteiger charge is -2.06. The molecule has 2 heterocycles. The molecule has 0 aliphatic rings. The maximum absolute atomic E-state index is 12.3. The highest BCUT2D eigenvalue weighted by molar-refractivity contribution is 5.95. The van der Waals surface area contributed by atoms with Gasteiger partial charge >= 0.3 is 0 Å². The van der Waals surface area contributed by atoms with Crippen LogP contribution in [0.1, 0.15) is 5.56 Å². The number of amides is 1. The molecule has 0 aliphatic carbocycles. The summed E-state index contributed by atoms with van der Waals surface area (Å²) in [4.78, 5) is 30.5. The number of hydrogen-bond acceptors (Lipinski definition) is 5. The van der Waals surface area contributed by atoms with Crippen molar-refractivity contribution in [1.29, 1.82) is 0 Å². The molecule has 2 aromatic carbocycles. The second-order valence-electron chi connectivity index (χ2n) is 5.91. The molecule has 2 aromatic heterocycles. The molecule has 27 heavy (non-hydrogen) atoms. The maximum Gasteiger partial charge on any atom is 0.273 e. The van der Waals surface area contributed by atoms with Gasteiger partial charge in [0, 0.05) is 17.3 Å². The minimum absolute atomic E-state index is 0.0697. The Labute approximate surface area is 153 Å². The van der Waals surface area contributed by atoms with Gasteiger partial charge in [0.25, 0.3) is 5.69 Å². The second kappa shape index (κ2) is 6.75. The number of nitrogens with one attached hydrogen (secondary N) is 2. The zero-order chi connectivity index (χ0) is 18.8. The van der Waals surface area contributed by atoms with E-state index in [2.05, 4.69) is 15.3 Å². The second-order valence-corrected chi connectivity index (χ2v) is 5.91. The van der Waals surface area contributed by atoms with E-state index >= 15 is 0 Å². The zero-order valence-corrected chi connectivity index (χ0v) is 14.0. The predicted octanol–water partition coefficient (Wildman–Crippen LogP) is 3.91. The monoisotopic (exact) mass is 362 g/mol. The number of benzene rings is 2. The number of nitro groups is 1. The van der Waals surface area contributed by atoms with E-state index in [1.807, 2.05) is 0 Å². The summed E-state index contributed by atoms with van der Waals surface area (Å²) in [6, 6.07) is 15.0. The summed E-state index contributed by atoms with van der Waals surface area (Å²) in [6.45, 7) is 0. The number of hydrogen-bond donors (Lipinski definition) is 2. The first kappa shape index (κ1) is 16.5. The molecule has 0 atom stereocenters. The molecule has 134 valence electrons. The van der Waals surface area contributed by atoms with Crippen molar-refractivity contribution >= 4 is 28.3 Å². The zero-order valence-electron chi connectivity index (χ0n) is 14.0. The van der Waals surface area contributed by atoms with Gasteiger partial charge in [0.2, 0.25) is 5.91 Å². The molecule has 2 N–H and O–H groups in total. The number of carbonyl (C=O) groups is 1. The van der Waals surface area contributed by atoms with Crippen LogP contribution in [0.5, 0.6) is 0 Å². The Morgan fingerprint density at radius 1 is 1.19 bits per heavy atom. The topological polar surface area (TPSA) is 114 Å². The standard InChI is InChI=1S/C19H14N4O4/c24-18(10-12-4-1-2-5-16(12)23(25)26)20-13-7-8-14-15(11-13)22-19(21-14)17-6-3-9-27-17/h1-9,11H,10H2,(H,20,24)(H,21,22). The molecule has 0 saturated carbocycles. The van der Waals surface area contributed by atoms with Crippen LogP contribution >= 0.6 is 0 Å². The summed E-state index contributed by atoms with van der Waals surface area (Å²) < 4.78 is 5.32. The number of aromatic nitrogens is 2. The lowest BCUT2D eigenvalue weighted by atomic mass is 10.1. The van der Waals surface area contributed by atoms with Crippen LogP contribution in [-0.4, -0.2) is 20.8 Å². The van der Waals surface area contributed by atoms with Crippen molar-refractivity contribution in [1.82, 2.24) is 9.97 Å². The van der Waals surface area contributed by atoms with Crippen LogP contribution in [0.15, 0.2) is 65.3 Å². The molecule has 0 unspecified atom stereocenters. The molecule has 4 aromatic rings. The lowest BCUT2D eigenvalue weighted by Crippen LogP contribution is -2.15. The SMILES string of the molecule is O=C(Cc1ccccc1[N+](=O)[O-])Nc1ccc2nc(-c3ccco3)[nH]c2c1. The Morgan fingerprint density at radius 3 is 2.81 bits per heavy atom. The highest BCUT2D eigenvalue weighted by Crippen LogP contribution is 2.24. The van der Waals surface area contributed by atoms with E-state index in [-0.39, 0.29) is 18.0 Å². The molecule has 8 heteroatoms. The van der Waals surface area contributed by atoms with E-state index in [0.717, 1.165) is 11.0 Å². The van der Waals surface area contributed by atoms with Gasteiger partial charge < -0.3 is 14.7 Å². The number of anilines is 1. The highest BCUT2D eigenvalue weighted by atomic mass is 16.6. The smallest absolute Gasteiger partial charge is 0.273 e. The third kappa shape index (κ3) is 3.40. The van der Waals surface area contributed by atoms with Gasteiger partial charge in [0.1, 0.15) is 0 Å². The first-order valence-electron chi connectivity index (χ1n) is 8.16. The molecule has 8 nitrogen and oxygen atoms in total. The molecule has 0 radical (unpaired) electrons. The minimum atomic E-state index is -0.491. The Hall–Kier alpha value is -3.94. The Bertz CT molecular complexity index is 1130. The Kier molecular flexibility index (Phi) is 4.13. The molecule has 0 fully saturated rings. The quantitative estimate of drug-likeness (QED) is 0.413. The van der Waals surface area contributed by atoms with E-state index in [1.165, 1.54) is 6.07 Å². The van der Waals surface area contributed by atoms with Crippen LogP contribution in [0, 0.1) is 10.1 Å². The highest BCUT2D eigenvalue weighted by Gasteiger charge is 2.16. The number of rotatable bonds is 5. The van der Waals surface area contributed by atoms with Crippen molar-refractivity contribution in [3.05, 3.63) is 76.5 Å². The number of nitro benzene ring substituents is 1.